The van der Waals surface area contributed by atoms with E-state index in [4.69, 9.17) is 0 Å². The number of rotatable bonds is 5. The Bertz CT molecular complexity index is 1040. The predicted molar refractivity (Wildman–Crippen MR) is 113 cm³/mol. The Balaban J connectivity index is 1.39. The monoisotopic (exact) mass is 429 g/mol. The Morgan fingerprint density at radius 1 is 1.23 bits per heavy atom. The van der Waals surface area contributed by atoms with Crippen LogP contribution in [0.4, 0.5) is 10.3 Å². The first-order valence-electron chi connectivity index (χ1n) is 9.88. The Hall–Kier alpha value is -2.88. The lowest BCUT2D eigenvalue weighted by atomic mass is 9.96. The van der Waals surface area contributed by atoms with Crippen LogP contribution >= 0.6 is 11.3 Å². The van der Waals surface area contributed by atoms with E-state index in [0.717, 1.165) is 15.4 Å². The fourth-order valence-corrected chi connectivity index (χ4v) is 4.45. The summed E-state index contributed by atoms with van der Waals surface area (Å²) in [7, 11) is 1.77. The Morgan fingerprint density at radius 3 is 2.63 bits per heavy atom. The lowest BCUT2D eigenvalue weighted by Gasteiger charge is -2.31. The number of nitrogens with one attached hydrogen (secondary N) is 1. The second-order valence-corrected chi connectivity index (χ2v) is 8.81. The van der Waals surface area contributed by atoms with Crippen molar-refractivity contribution in [2.45, 2.75) is 33.2 Å². The lowest BCUT2D eigenvalue weighted by molar-refractivity contribution is -0.125. The van der Waals surface area contributed by atoms with E-state index in [1.54, 1.807) is 35.5 Å². The van der Waals surface area contributed by atoms with Crippen molar-refractivity contribution in [1.82, 2.24) is 30.0 Å². The first-order valence-corrected chi connectivity index (χ1v) is 10.7. The van der Waals surface area contributed by atoms with E-state index in [1.165, 1.54) is 6.20 Å². The van der Waals surface area contributed by atoms with E-state index in [-0.39, 0.29) is 17.5 Å². The van der Waals surface area contributed by atoms with Crippen molar-refractivity contribution in [2.24, 2.45) is 13.0 Å². The molecule has 0 atom stereocenters. The number of hydrogen-bond acceptors (Lipinski definition) is 7. The molecular formula is C20H24FN7OS. The topological polar surface area (TPSA) is 88.8 Å². The third-order valence-corrected chi connectivity index (χ3v) is 6.24. The predicted octanol–water partition coefficient (Wildman–Crippen LogP) is 2.62. The maximum Gasteiger partial charge on any atom is 0.226 e. The molecule has 1 fully saturated rings. The van der Waals surface area contributed by atoms with Crippen LogP contribution in [-0.2, 0) is 18.4 Å². The summed E-state index contributed by atoms with van der Waals surface area (Å²) in [6, 6.07) is 0. The minimum atomic E-state index is -0.474. The summed E-state index contributed by atoms with van der Waals surface area (Å²) in [6.45, 7) is 5.63. The molecule has 1 aliphatic rings. The second-order valence-electron chi connectivity index (χ2n) is 7.49. The van der Waals surface area contributed by atoms with Crippen molar-refractivity contribution in [3.05, 3.63) is 39.9 Å². The van der Waals surface area contributed by atoms with Crippen molar-refractivity contribution in [3.8, 4) is 11.4 Å². The number of thiazole rings is 1. The number of aryl methyl sites for hydroxylation is 3. The summed E-state index contributed by atoms with van der Waals surface area (Å²) in [4.78, 5) is 28.4. The second kappa shape index (κ2) is 8.47. The number of aromatic nitrogens is 5. The summed E-state index contributed by atoms with van der Waals surface area (Å²) in [6.07, 6.45) is 6.10. The van der Waals surface area contributed by atoms with Crippen LogP contribution in [0.5, 0.6) is 0 Å². The quantitative estimate of drug-likeness (QED) is 0.671. The number of carbonyl (C=O) groups excluding carboxylic acids is 1. The van der Waals surface area contributed by atoms with E-state index in [0.29, 0.717) is 44.1 Å². The van der Waals surface area contributed by atoms with Crippen LogP contribution in [0.1, 0.15) is 28.3 Å². The number of piperidine rings is 1. The maximum absolute atomic E-state index is 14.4. The molecule has 30 heavy (non-hydrogen) atoms. The van der Waals surface area contributed by atoms with Gasteiger partial charge in [-0.25, -0.2) is 19.3 Å². The van der Waals surface area contributed by atoms with Crippen molar-refractivity contribution in [3.63, 3.8) is 0 Å². The van der Waals surface area contributed by atoms with E-state index in [1.807, 2.05) is 18.7 Å². The molecule has 8 nitrogen and oxygen atoms in total. The molecule has 1 aliphatic heterocycles. The molecule has 1 saturated heterocycles. The molecule has 0 aromatic carbocycles. The number of amides is 1. The zero-order valence-electron chi connectivity index (χ0n) is 17.2. The molecule has 0 radical (unpaired) electrons. The third kappa shape index (κ3) is 4.18. The van der Waals surface area contributed by atoms with Gasteiger partial charge in [0.15, 0.2) is 5.82 Å². The molecule has 0 aliphatic carbocycles. The highest BCUT2D eigenvalue weighted by atomic mass is 32.1. The standard InChI is InChI=1S/C20H24FN7OS/c1-12-8-25-27(3)18(12)17-16(21)11-24-20(26-17)28-6-4-14(5-7-28)19(29)23-10-15-9-22-13(2)30-15/h8-9,11,14H,4-7,10H2,1-3H3,(H,23,29). The molecule has 1 N–H and O–H groups in total. The minimum Gasteiger partial charge on any atom is -0.351 e. The first-order chi connectivity index (χ1) is 14.4. The number of nitrogens with zero attached hydrogens (tertiary/aromatic N) is 6. The molecule has 0 saturated carbocycles. The highest BCUT2D eigenvalue weighted by Crippen LogP contribution is 2.27. The molecule has 4 rings (SSSR count). The van der Waals surface area contributed by atoms with Gasteiger partial charge >= 0.3 is 0 Å². The summed E-state index contributed by atoms with van der Waals surface area (Å²) >= 11 is 1.59. The number of halogens is 1. The summed E-state index contributed by atoms with van der Waals surface area (Å²) in [5.74, 6) is 0.0189. The molecule has 10 heteroatoms. The van der Waals surface area contributed by atoms with Crippen LogP contribution < -0.4 is 10.2 Å². The zero-order valence-corrected chi connectivity index (χ0v) is 18.0. The van der Waals surface area contributed by atoms with Crippen LogP contribution in [0.15, 0.2) is 18.6 Å². The summed E-state index contributed by atoms with van der Waals surface area (Å²) in [5.41, 5.74) is 1.74. The fourth-order valence-electron chi connectivity index (χ4n) is 3.71. The highest BCUT2D eigenvalue weighted by Gasteiger charge is 2.27. The normalized spacial score (nSPS) is 14.9. The van der Waals surface area contributed by atoms with Crippen molar-refractivity contribution in [1.29, 1.82) is 0 Å². The van der Waals surface area contributed by atoms with Crippen molar-refractivity contribution in [2.75, 3.05) is 18.0 Å². The lowest BCUT2D eigenvalue weighted by Crippen LogP contribution is -2.41. The average molecular weight is 430 g/mol. The molecular weight excluding hydrogens is 405 g/mol. The van der Waals surface area contributed by atoms with Crippen LogP contribution in [0.25, 0.3) is 11.4 Å². The highest BCUT2D eigenvalue weighted by molar-refractivity contribution is 7.11. The van der Waals surface area contributed by atoms with Crippen molar-refractivity contribution < 1.29 is 9.18 Å². The molecule has 3 aromatic rings. The Morgan fingerprint density at radius 2 is 2.00 bits per heavy atom. The molecule has 1 amide bonds. The smallest absolute Gasteiger partial charge is 0.226 e. The van der Waals surface area contributed by atoms with E-state index < -0.39 is 5.82 Å². The van der Waals surface area contributed by atoms with Crippen molar-refractivity contribution >= 4 is 23.2 Å². The van der Waals surface area contributed by atoms with Gasteiger partial charge in [0.05, 0.1) is 29.6 Å². The number of hydrogen-bond donors (Lipinski definition) is 1. The van der Waals surface area contributed by atoms with Crippen LogP contribution in [-0.4, -0.2) is 43.7 Å². The van der Waals surface area contributed by atoms with Gasteiger partial charge in [0, 0.05) is 37.1 Å². The molecule has 4 heterocycles. The SMILES string of the molecule is Cc1ncc(CNC(=O)C2CCN(c3ncc(F)c(-c4c(C)cnn4C)n3)CC2)s1. The molecule has 0 unspecified atom stereocenters. The van der Waals surface area contributed by atoms with Gasteiger partial charge in [0.1, 0.15) is 5.69 Å². The number of carbonyl (C=O) groups is 1. The summed E-state index contributed by atoms with van der Waals surface area (Å²) < 4.78 is 16.0. The summed E-state index contributed by atoms with van der Waals surface area (Å²) in [5, 5.41) is 8.17. The average Bonchev–Trinajstić information content (AvgIpc) is 3.31. The molecule has 158 valence electrons. The van der Waals surface area contributed by atoms with Gasteiger partial charge in [-0.15, -0.1) is 11.3 Å². The zero-order chi connectivity index (χ0) is 21.3. The van der Waals surface area contributed by atoms with Gasteiger partial charge in [-0.05, 0) is 32.3 Å². The number of anilines is 1. The molecule has 3 aromatic heterocycles. The van der Waals surface area contributed by atoms with Gasteiger partial charge in [0.25, 0.3) is 0 Å². The minimum absolute atomic E-state index is 0.0468. The van der Waals surface area contributed by atoms with Gasteiger partial charge in [0.2, 0.25) is 11.9 Å². The molecule has 0 bridgehead atoms. The Labute approximate surface area is 178 Å². The van der Waals surface area contributed by atoms with Gasteiger partial charge in [-0.2, -0.15) is 5.10 Å². The van der Waals surface area contributed by atoms with E-state index in [9.17, 15) is 9.18 Å². The van der Waals surface area contributed by atoms with Crippen LogP contribution in [0.2, 0.25) is 0 Å². The van der Waals surface area contributed by atoms with Gasteiger partial charge < -0.3 is 10.2 Å². The first kappa shape index (κ1) is 20.4. The van der Waals surface area contributed by atoms with E-state index in [2.05, 4.69) is 25.4 Å². The van der Waals surface area contributed by atoms with E-state index >= 15 is 0 Å². The van der Waals surface area contributed by atoms with Gasteiger partial charge in [-0.1, -0.05) is 0 Å². The largest absolute Gasteiger partial charge is 0.351 e. The van der Waals surface area contributed by atoms with Crippen LogP contribution in [0, 0.1) is 25.6 Å². The third-order valence-electron chi connectivity index (χ3n) is 5.33. The van der Waals surface area contributed by atoms with Gasteiger partial charge in [-0.3, -0.25) is 9.48 Å². The Kier molecular flexibility index (Phi) is 5.76. The fraction of sp³-hybridized carbons (Fsp3) is 0.450. The van der Waals surface area contributed by atoms with Crippen LogP contribution in [0.3, 0.4) is 0 Å². The maximum atomic E-state index is 14.4. The molecule has 0 spiro atoms.